The lowest BCUT2D eigenvalue weighted by Crippen LogP contribution is -2.49. The van der Waals surface area contributed by atoms with E-state index < -0.39 is 20.5 Å². The van der Waals surface area contributed by atoms with Crippen LogP contribution in [0.15, 0.2) is 0 Å². The van der Waals surface area contributed by atoms with E-state index in [9.17, 15) is 5.11 Å². The van der Waals surface area contributed by atoms with E-state index in [-0.39, 0.29) is 18.2 Å². The molecule has 0 aromatic heterocycles. The van der Waals surface area contributed by atoms with E-state index in [0.717, 1.165) is 5.06 Å². The van der Waals surface area contributed by atoms with E-state index in [2.05, 4.69) is 33.9 Å². The first kappa shape index (κ1) is 18.0. The fraction of sp³-hybridized carbons (Fsp3) is 1.00. The third-order valence-electron chi connectivity index (χ3n) is 3.55. The van der Waals surface area contributed by atoms with E-state index in [1.165, 1.54) is 7.05 Å². The lowest BCUT2D eigenvalue weighted by molar-refractivity contribution is -0.110. The van der Waals surface area contributed by atoms with Crippen molar-refractivity contribution in [3.8, 4) is 0 Å². The second kappa shape index (κ2) is 6.98. The highest BCUT2D eigenvalue weighted by molar-refractivity contribution is 6.74. The summed E-state index contributed by atoms with van der Waals surface area (Å²) in [6.07, 6.45) is -0.867. The zero-order chi connectivity index (χ0) is 14.6. The van der Waals surface area contributed by atoms with E-state index in [1.807, 2.05) is 0 Å². The SMILES string of the molecule is CN(O)CC(O)[C@H](CCO)O[Si](C)(C)C(C)(C)C. The molecule has 0 aromatic rings. The van der Waals surface area contributed by atoms with Crippen molar-refractivity contribution in [1.82, 2.24) is 5.06 Å². The summed E-state index contributed by atoms with van der Waals surface area (Å²) in [5.41, 5.74) is 0. The van der Waals surface area contributed by atoms with E-state index in [1.54, 1.807) is 0 Å². The van der Waals surface area contributed by atoms with Crippen molar-refractivity contribution in [2.24, 2.45) is 0 Å². The van der Waals surface area contributed by atoms with Crippen molar-refractivity contribution < 1.29 is 19.8 Å². The smallest absolute Gasteiger partial charge is 0.192 e. The summed E-state index contributed by atoms with van der Waals surface area (Å²) in [5.74, 6) is 0. The van der Waals surface area contributed by atoms with Gasteiger partial charge in [-0.05, 0) is 24.6 Å². The molecule has 0 rings (SSSR count). The van der Waals surface area contributed by atoms with Crippen molar-refractivity contribution in [2.75, 3.05) is 20.2 Å². The second-order valence-electron chi connectivity index (χ2n) is 6.34. The summed E-state index contributed by atoms with van der Waals surface area (Å²) in [6.45, 7) is 10.7. The first-order valence-corrected chi connectivity index (χ1v) is 9.29. The van der Waals surface area contributed by atoms with Crippen molar-refractivity contribution >= 4 is 8.32 Å². The molecule has 0 aliphatic heterocycles. The average Bonchev–Trinajstić information content (AvgIpc) is 2.13. The molecule has 0 heterocycles. The van der Waals surface area contributed by atoms with Gasteiger partial charge in [0.05, 0.1) is 18.8 Å². The van der Waals surface area contributed by atoms with Gasteiger partial charge in [0.1, 0.15) is 0 Å². The Morgan fingerprint density at radius 1 is 1.28 bits per heavy atom. The lowest BCUT2D eigenvalue weighted by Gasteiger charge is -2.40. The van der Waals surface area contributed by atoms with Gasteiger partial charge < -0.3 is 19.8 Å². The molecule has 5 nitrogen and oxygen atoms in total. The number of hydrogen-bond donors (Lipinski definition) is 3. The van der Waals surface area contributed by atoms with Crippen molar-refractivity contribution in [1.29, 1.82) is 0 Å². The van der Waals surface area contributed by atoms with E-state index in [4.69, 9.17) is 14.7 Å². The van der Waals surface area contributed by atoms with Gasteiger partial charge in [-0.1, -0.05) is 20.8 Å². The number of aliphatic hydroxyl groups excluding tert-OH is 2. The van der Waals surface area contributed by atoms with Crippen LogP contribution in [0.5, 0.6) is 0 Å². The maximum absolute atomic E-state index is 10.0. The van der Waals surface area contributed by atoms with Crippen LogP contribution in [-0.2, 0) is 4.43 Å². The minimum absolute atomic E-state index is 0.0362. The predicted molar refractivity (Wildman–Crippen MR) is 74.2 cm³/mol. The van der Waals surface area contributed by atoms with Gasteiger partial charge in [-0.2, -0.15) is 5.06 Å². The van der Waals surface area contributed by atoms with Crippen LogP contribution >= 0.6 is 0 Å². The Labute approximate surface area is 111 Å². The van der Waals surface area contributed by atoms with Gasteiger partial charge in [0.15, 0.2) is 8.32 Å². The van der Waals surface area contributed by atoms with Crippen molar-refractivity contribution in [3.05, 3.63) is 0 Å². The Morgan fingerprint density at radius 3 is 2.11 bits per heavy atom. The van der Waals surface area contributed by atoms with Crippen LogP contribution in [0.1, 0.15) is 27.2 Å². The minimum atomic E-state index is -1.99. The number of likely N-dealkylation sites (N-methyl/N-ethyl adjacent to an activating group) is 1. The summed E-state index contributed by atoms with van der Waals surface area (Å²) < 4.78 is 6.10. The van der Waals surface area contributed by atoms with Crippen LogP contribution in [0.25, 0.3) is 0 Å². The molecule has 0 aromatic carbocycles. The predicted octanol–water partition coefficient (Wildman–Crippen LogP) is 1.44. The van der Waals surface area contributed by atoms with Gasteiger partial charge >= 0.3 is 0 Å². The Bertz CT molecular complexity index is 241. The summed E-state index contributed by atoms with van der Waals surface area (Å²) in [5, 5.41) is 29.2. The molecular formula is C12H29NO4Si. The van der Waals surface area contributed by atoms with Gasteiger partial charge in [0.2, 0.25) is 0 Å². The third-order valence-corrected chi connectivity index (χ3v) is 8.05. The maximum atomic E-state index is 10.0. The average molecular weight is 279 g/mol. The highest BCUT2D eigenvalue weighted by atomic mass is 28.4. The van der Waals surface area contributed by atoms with E-state index in [0.29, 0.717) is 6.42 Å². The molecule has 0 spiro atoms. The largest absolute Gasteiger partial charge is 0.411 e. The Hall–Kier alpha value is 0.0169. The third kappa shape index (κ3) is 5.77. The molecule has 1 unspecified atom stereocenters. The fourth-order valence-corrected chi connectivity index (χ4v) is 2.79. The van der Waals surface area contributed by atoms with Gasteiger partial charge in [-0.3, -0.25) is 0 Å². The summed E-state index contributed by atoms with van der Waals surface area (Å²) >= 11 is 0. The Morgan fingerprint density at radius 2 is 1.78 bits per heavy atom. The quantitative estimate of drug-likeness (QED) is 0.486. The molecule has 0 radical (unpaired) electrons. The molecule has 0 aliphatic rings. The molecule has 0 saturated heterocycles. The molecule has 110 valence electrons. The monoisotopic (exact) mass is 279 g/mol. The van der Waals surface area contributed by atoms with Gasteiger partial charge in [0.25, 0.3) is 0 Å². The molecular weight excluding hydrogens is 250 g/mol. The van der Waals surface area contributed by atoms with Crippen LogP contribution in [-0.4, -0.2) is 61.2 Å². The molecule has 6 heteroatoms. The van der Waals surface area contributed by atoms with Crippen molar-refractivity contribution in [2.45, 2.75) is 57.5 Å². The summed E-state index contributed by atoms with van der Waals surface area (Å²) in [7, 11) is -0.513. The molecule has 0 aliphatic carbocycles. The molecule has 3 N–H and O–H groups in total. The summed E-state index contributed by atoms with van der Waals surface area (Å²) in [4.78, 5) is 0. The normalized spacial score (nSPS) is 17.0. The highest BCUT2D eigenvalue weighted by Crippen LogP contribution is 2.37. The molecule has 0 saturated carbocycles. The van der Waals surface area contributed by atoms with Crippen LogP contribution in [0.4, 0.5) is 0 Å². The van der Waals surface area contributed by atoms with Crippen LogP contribution in [0.3, 0.4) is 0 Å². The number of hydroxylamine groups is 2. The van der Waals surface area contributed by atoms with Gasteiger partial charge in [0, 0.05) is 13.7 Å². The van der Waals surface area contributed by atoms with Crippen molar-refractivity contribution in [3.63, 3.8) is 0 Å². The molecule has 0 bridgehead atoms. The molecule has 0 amide bonds. The van der Waals surface area contributed by atoms with Crippen LogP contribution in [0.2, 0.25) is 18.1 Å². The Kier molecular flexibility index (Phi) is 6.98. The molecule has 18 heavy (non-hydrogen) atoms. The highest BCUT2D eigenvalue weighted by Gasteiger charge is 2.40. The number of hydrogen-bond acceptors (Lipinski definition) is 5. The topological polar surface area (TPSA) is 73.2 Å². The first-order valence-electron chi connectivity index (χ1n) is 6.38. The standard InChI is InChI=1S/C12H29NO4Si/c1-12(2,3)18(5,6)17-11(7-8-14)10(15)9-13(4)16/h10-11,14-16H,7-9H2,1-6H3/t10?,11-/m0/s1. The van der Waals surface area contributed by atoms with Crippen LogP contribution < -0.4 is 0 Å². The fourth-order valence-electron chi connectivity index (χ4n) is 1.40. The molecule has 2 atom stereocenters. The summed E-state index contributed by atoms with van der Waals surface area (Å²) in [6, 6.07) is 0. The molecule has 0 fully saturated rings. The number of aliphatic hydroxyl groups is 2. The number of nitrogens with zero attached hydrogens (tertiary/aromatic N) is 1. The first-order chi connectivity index (χ1) is 8.01. The zero-order valence-corrected chi connectivity index (χ0v) is 13.5. The van der Waals surface area contributed by atoms with Gasteiger partial charge in [-0.25, -0.2) is 0 Å². The number of rotatable bonds is 7. The van der Waals surface area contributed by atoms with E-state index >= 15 is 0 Å². The zero-order valence-electron chi connectivity index (χ0n) is 12.5. The minimum Gasteiger partial charge on any atom is -0.411 e. The second-order valence-corrected chi connectivity index (χ2v) is 11.1. The maximum Gasteiger partial charge on any atom is 0.192 e. The van der Waals surface area contributed by atoms with Gasteiger partial charge in [-0.15, -0.1) is 0 Å². The Balaban J connectivity index is 4.71. The van der Waals surface area contributed by atoms with Crippen LogP contribution in [0, 0.1) is 0 Å². The lowest BCUT2D eigenvalue weighted by atomic mass is 10.1.